The Morgan fingerprint density at radius 2 is 1.79 bits per heavy atom. The van der Waals surface area contributed by atoms with Crippen molar-refractivity contribution in [1.29, 1.82) is 0 Å². The van der Waals surface area contributed by atoms with E-state index in [1.807, 2.05) is 87.5 Å². The van der Waals surface area contributed by atoms with Gasteiger partial charge in [-0.25, -0.2) is 0 Å². The average Bonchev–Trinajstić information content (AvgIpc) is 3.42. The van der Waals surface area contributed by atoms with Gasteiger partial charge in [0.2, 0.25) is 11.7 Å². The summed E-state index contributed by atoms with van der Waals surface area (Å²) in [5, 5.41) is 12.6. The molecule has 0 aliphatic heterocycles. The van der Waals surface area contributed by atoms with Crippen molar-refractivity contribution < 1.29 is 9.32 Å². The minimum Gasteiger partial charge on any atom is -0.332 e. The van der Waals surface area contributed by atoms with Gasteiger partial charge in [-0.2, -0.15) is 10.1 Å². The molecule has 0 bridgehead atoms. The molecule has 7 nitrogen and oxygen atoms in total. The first kappa shape index (κ1) is 20.6. The number of aromatic nitrogens is 4. The first-order valence-electron chi connectivity index (χ1n) is 10.7. The quantitative estimate of drug-likeness (QED) is 0.402. The van der Waals surface area contributed by atoms with Crippen LogP contribution in [0.15, 0.2) is 71.3 Å². The lowest BCUT2D eigenvalue weighted by atomic mass is 10.1. The monoisotopic (exact) mass is 437 g/mol. The summed E-state index contributed by atoms with van der Waals surface area (Å²) in [6, 6.07) is 21.6. The third kappa shape index (κ3) is 4.13. The SMILES string of the molecule is Cc1cccc(-c2noc(-c3nn(CC(=O)Nc4cc(C)ccc4C)c4ccccc34)n2)c1. The lowest BCUT2D eigenvalue weighted by Crippen LogP contribution is -2.20. The Balaban J connectivity index is 1.46. The van der Waals surface area contributed by atoms with Gasteiger partial charge in [0, 0.05) is 16.6 Å². The molecule has 0 atom stereocenters. The van der Waals surface area contributed by atoms with Gasteiger partial charge in [-0.05, 0) is 50.1 Å². The second-order valence-corrected chi connectivity index (χ2v) is 8.18. The second-order valence-electron chi connectivity index (χ2n) is 8.18. The predicted molar refractivity (Wildman–Crippen MR) is 128 cm³/mol. The number of hydrogen-bond donors (Lipinski definition) is 1. The van der Waals surface area contributed by atoms with Crippen molar-refractivity contribution in [2.45, 2.75) is 27.3 Å². The van der Waals surface area contributed by atoms with Crippen LogP contribution in [0.3, 0.4) is 0 Å². The van der Waals surface area contributed by atoms with Crippen LogP contribution in [0.25, 0.3) is 33.9 Å². The van der Waals surface area contributed by atoms with Gasteiger partial charge in [-0.3, -0.25) is 9.48 Å². The van der Waals surface area contributed by atoms with E-state index < -0.39 is 0 Å². The van der Waals surface area contributed by atoms with Crippen LogP contribution in [0, 0.1) is 20.8 Å². The molecule has 0 radical (unpaired) electrons. The van der Waals surface area contributed by atoms with E-state index in [1.165, 1.54) is 0 Å². The summed E-state index contributed by atoms with van der Waals surface area (Å²) in [6.07, 6.45) is 0. The number of para-hydroxylation sites is 1. The molecular formula is C26H23N5O2. The molecule has 2 aromatic heterocycles. The van der Waals surface area contributed by atoms with Crippen LogP contribution in [-0.2, 0) is 11.3 Å². The molecule has 0 fully saturated rings. The van der Waals surface area contributed by atoms with E-state index in [0.29, 0.717) is 17.4 Å². The van der Waals surface area contributed by atoms with E-state index in [-0.39, 0.29) is 12.5 Å². The van der Waals surface area contributed by atoms with Crippen molar-refractivity contribution in [1.82, 2.24) is 19.9 Å². The molecule has 3 aromatic carbocycles. The summed E-state index contributed by atoms with van der Waals surface area (Å²) in [5.74, 6) is 0.658. The van der Waals surface area contributed by atoms with Gasteiger partial charge in [-0.1, -0.05) is 59.3 Å². The third-order valence-corrected chi connectivity index (χ3v) is 5.52. The normalized spacial score (nSPS) is 11.1. The minimum absolute atomic E-state index is 0.0623. The summed E-state index contributed by atoms with van der Waals surface area (Å²) >= 11 is 0. The smallest absolute Gasteiger partial charge is 0.279 e. The fraction of sp³-hybridized carbons (Fsp3) is 0.154. The number of fused-ring (bicyclic) bond motifs is 1. The largest absolute Gasteiger partial charge is 0.332 e. The van der Waals surface area contributed by atoms with Crippen LogP contribution in [0.1, 0.15) is 16.7 Å². The molecule has 1 amide bonds. The molecule has 0 aliphatic carbocycles. The van der Waals surface area contributed by atoms with E-state index in [4.69, 9.17) is 4.52 Å². The number of rotatable bonds is 5. The van der Waals surface area contributed by atoms with E-state index in [9.17, 15) is 4.79 Å². The molecule has 0 saturated carbocycles. The number of amides is 1. The van der Waals surface area contributed by atoms with Crippen molar-refractivity contribution in [3.05, 3.63) is 83.4 Å². The van der Waals surface area contributed by atoms with Gasteiger partial charge < -0.3 is 9.84 Å². The summed E-state index contributed by atoms with van der Waals surface area (Å²) in [5.41, 5.74) is 6.26. The van der Waals surface area contributed by atoms with Gasteiger partial charge in [0.1, 0.15) is 6.54 Å². The van der Waals surface area contributed by atoms with Gasteiger partial charge >= 0.3 is 0 Å². The highest BCUT2D eigenvalue weighted by atomic mass is 16.5. The highest BCUT2D eigenvalue weighted by Crippen LogP contribution is 2.29. The number of hydrogen-bond acceptors (Lipinski definition) is 5. The van der Waals surface area contributed by atoms with Crippen molar-refractivity contribution in [3.8, 4) is 23.0 Å². The van der Waals surface area contributed by atoms with Crippen LogP contribution in [-0.4, -0.2) is 25.8 Å². The van der Waals surface area contributed by atoms with Gasteiger partial charge in [0.05, 0.1) is 5.52 Å². The molecule has 164 valence electrons. The fourth-order valence-corrected chi connectivity index (χ4v) is 3.82. The molecule has 0 unspecified atom stereocenters. The molecular weight excluding hydrogens is 414 g/mol. The number of aryl methyl sites for hydroxylation is 3. The Morgan fingerprint density at radius 3 is 2.64 bits per heavy atom. The first-order chi connectivity index (χ1) is 16.0. The van der Waals surface area contributed by atoms with E-state index in [1.54, 1.807) is 4.68 Å². The van der Waals surface area contributed by atoms with E-state index in [2.05, 4.69) is 20.6 Å². The third-order valence-electron chi connectivity index (χ3n) is 5.52. The molecule has 5 rings (SSSR count). The zero-order chi connectivity index (χ0) is 22.9. The Bertz CT molecular complexity index is 1480. The highest BCUT2D eigenvalue weighted by Gasteiger charge is 2.20. The zero-order valence-electron chi connectivity index (χ0n) is 18.7. The summed E-state index contributed by atoms with van der Waals surface area (Å²) in [6.45, 7) is 6.05. The average molecular weight is 438 g/mol. The van der Waals surface area contributed by atoms with Gasteiger partial charge in [0.15, 0.2) is 5.69 Å². The van der Waals surface area contributed by atoms with Crippen LogP contribution in [0.5, 0.6) is 0 Å². The minimum atomic E-state index is -0.158. The number of nitrogens with zero attached hydrogens (tertiary/aromatic N) is 4. The maximum atomic E-state index is 12.8. The number of nitrogens with one attached hydrogen (secondary N) is 1. The van der Waals surface area contributed by atoms with Crippen LogP contribution in [0.4, 0.5) is 5.69 Å². The molecule has 7 heteroatoms. The maximum Gasteiger partial charge on any atom is 0.279 e. The number of anilines is 1. The van der Waals surface area contributed by atoms with Crippen molar-refractivity contribution in [2.24, 2.45) is 0 Å². The van der Waals surface area contributed by atoms with Gasteiger partial charge in [0.25, 0.3) is 5.89 Å². The Kier molecular flexibility index (Phi) is 5.22. The van der Waals surface area contributed by atoms with E-state index in [0.717, 1.165) is 38.8 Å². The summed E-state index contributed by atoms with van der Waals surface area (Å²) < 4.78 is 7.23. The van der Waals surface area contributed by atoms with Crippen molar-refractivity contribution in [2.75, 3.05) is 5.32 Å². The second kappa shape index (κ2) is 8.35. The van der Waals surface area contributed by atoms with Gasteiger partial charge in [-0.15, -0.1) is 0 Å². The molecule has 1 N–H and O–H groups in total. The van der Waals surface area contributed by atoms with E-state index >= 15 is 0 Å². The Hall–Kier alpha value is -4.26. The molecule has 0 aliphatic rings. The topological polar surface area (TPSA) is 85.8 Å². The Labute approximate surface area is 191 Å². The fourth-order valence-electron chi connectivity index (χ4n) is 3.82. The van der Waals surface area contributed by atoms with Crippen molar-refractivity contribution >= 4 is 22.5 Å². The lowest BCUT2D eigenvalue weighted by Gasteiger charge is -2.10. The Morgan fingerprint density at radius 1 is 0.970 bits per heavy atom. The zero-order valence-corrected chi connectivity index (χ0v) is 18.7. The molecule has 33 heavy (non-hydrogen) atoms. The first-order valence-corrected chi connectivity index (χ1v) is 10.7. The number of benzene rings is 3. The highest BCUT2D eigenvalue weighted by molar-refractivity contribution is 5.95. The molecule has 5 aromatic rings. The summed E-state index contributed by atoms with van der Waals surface area (Å²) in [4.78, 5) is 17.4. The van der Waals surface area contributed by atoms with Crippen LogP contribution in [0.2, 0.25) is 0 Å². The number of carbonyl (C=O) groups excluding carboxylic acids is 1. The lowest BCUT2D eigenvalue weighted by molar-refractivity contribution is -0.116. The van der Waals surface area contributed by atoms with Crippen LogP contribution >= 0.6 is 0 Å². The van der Waals surface area contributed by atoms with Crippen LogP contribution < -0.4 is 5.32 Å². The maximum absolute atomic E-state index is 12.8. The molecule has 0 saturated heterocycles. The summed E-state index contributed by atoms with van der Waals surface area (Å²) in [7, 11) is 0. The molecule has 2 heterocycles. The van der Waals surface area contributed by atoms with Crippen molar-refractivity contribution in [3.63, 3.8) is 0 Å². The standard InChI is InChI=1S/C26H23N5O2/c1-16-7-6-8-19(13-16)25-28-26(33-30-25)24-20-9-4-5-10-22(20)31(29-24)15-23(32)27-21-14-17(2)11-12-18(21)3/h4-14H,15H2,1-3H3,(H,27,32). The predicted octanol–water partition coefficient (Wildman–Crippen LogP) is 5.32. The number of carbonyl (C=O) groups is 1. The molecule has 0 spiro atoms.